The van der Waals surface area contributed by atoms with Gasteiger partial charge in [0.1, 0.15) is 0 Å². The van der Waals surface area contributed by atoms with Gasteiger partial charge in [0.25, 0.3) is 0 Å². The van der Waals surface area contributed by atoms with Gasteiger partial charge in [-0.2, -0.15) is 0 Å². The summed E-state index contributed by atoms with van der Waals surface area (Å²) in [6.07, 6.45) is 0. The summed E-state index contributed by atoms with van der Waals surface area (Å²) >= 11 is 3.81. The van der Waals surface area contributed by atoms with E-state index in [9.17, 15) is 0 Å². The van der Waals surface area contributed by atoms with Gasteiger partial charge in [-0.25, -0.2) is 0 Å². The minimum atomic E-state index is -0.510. The van der Waals surface area contributed by atoms with E-state index in [-0.39, 0.29) is 0 Å². The minimum Gasteiger partial charge on any atom is -0.309 e. The fraction of sp³-hybridized carbons (Fsp3) is 0.0204. The number of thiophene rings is 1. The standard InChI is InChI=1S/C49H28N2S2/c1-6-19-39-30(12-1)32-15-11-18-37-47(32)51(39)41-21-8-4-16-35(41)49(37)36-17-5-10-23-45(36)53-48-38(49)25-26-42-46(48)33-14-2-7-20-40(33)50(42)29-24-27-44-34(28-29)31-13-3-9-22-43(31)52-44/h1-28H. The molecule has 11 aromatic rings. The lowest BCUT2D eigenvalue weighted by atomic mass is 9.62. The molecule has 2 aliphatic heterocycles. The zero-order valence-electron chi connectivity index (χ0n) is 28.4. The second-order valence-corrected chi connectivity index (χ2v) is 16.5. The molecule has 53 heavy (non-hydrogen) atoms. The molecule has 246 valence electrons. The van der Waals surface area contributed by atoms with E-state index in [4.69, 9.17) is 0 Å². The topological polar surface area (TPSA) is 9.86 Å². The molecule has 4 heteroatoms. The van der Waals surface area contributed by atoms with Crippen LogP contribution in [0, 0.1) is 0 Å². The van der Waals surface area contributed by atoms with Crippen molar-refractivity contribution in [1.82, 2.24) is 9.13 Å². The van der Waals surface area contributed by atoms with Gasteiger partial charge in [-0.1, -0.05) is 127 Å². The second-order valence-electron chi connectivity index (χ2n) is 14.4. The summed E-state index contributed by atoms with van der Waals surface area (Å²) in [5.74, 6) is 0. The van der Waals surface area contributed by atoms with Gasteiger partial charge in [0.2, 0.25) is 0 Å². The Kier molecular flexibility index (Phi) is 5.42. The number of nitrogens with zero attached hydrogens (tertiary/aromatic N) is 2. The van der Waals surface area contributed by atoms with E-state index >= 15 is 0 Å². The molecule has 13 rings (SSSR count). The zero-order valence-corrected chi connectivity index (χ0v) is 30.0. The number of benzene rings is 8. The fourth-order valence-electron chi connectivity index (χ4n) is 9.96. The van der Waals surface area contributed by atoms with Crippen molar-refractivity contribution in [2.45, 2.75) is 15.2 Å². The maximum absolute atomic E-state index is 2.53. The molecule has 0 aliphatic carbocycles. The lowest BCUT2D eigenvalue weighted by Gasteiger charge is -2.45. The van der Waals surface area contributed by atoms with Gasteiger partial charge in [-0.05, 0) is 76.9 Å². The highest BCUT2D eigenvalue weighted by molar-refractivity contribution is 7.99. The van der Waals surface area contributed by atoms with Crippen molar-refractivity contribution in [3.63, 3.8) is 0 Å². The largest absolute Gasteiger partial charge is 0.309 e. The predicted molar refractivity (Wildman–Crippen MR) is 224 cm³/mol. The molecule has 1 spiro atoms. The Morgan fingerprint density at radius 2 is 1.09 bits per heavy atom. The smallest absolute Gasteiger partial charge is 0.0764 e. The summed E-state index contributed by atoms with van der Waals surface area (Å²) in [5.41, 5.74) is 12.3. The third kappa shape index (κ3) is 3.42. The number of fused-ring (bicyclic) bond motifs is 18. The normalized spacial score (nSPS) is 15.9. The van der Waals surface area contributed by atoms with Crippen molar-refractivity contribution in [2.75, 3.05) is 0 Å². The summed E-state index contributed by atoms with van der Waals surface area (Å²) < 4.78 is 7.68. The Hall–Kier alpha value is -6.07. The van der Waals surface area contributed by atoms with Gasteiger partial charge >= 0.3 is 0 Å². The zero-order chi connectivity index (χ0) is 34.4. The van der Waals surface area contributed by atoms with Crippen molar-refractivity contribution in [2.24, 2.45) is 0 Å². The summed E-state index contributed by atoms with van der Waals surface area (Å²) in [5, 5.41) is 7.85. The monoisotopic (exact) mass is 708 g/mol. The number of rotatable bonds is 1. The molecule has 1 atom stereocenters. The third-order valence-corrected chi connectivity index (χ3v) is 14.3. The Bertz CT molecular complexity index is 3400. The van der Waals surface area contributed by atoms with Crippen LogP contribution in [-0.2, 0) is 5.41 Å². The molecular weight excluding hydrogens is 681 g/mol. The van der Waals surface area contributed by atoms with Crippen molar-refractivity contribution in [3.8, 4) is 11.4 Å². The summed E-state index contributed by atoms with van der Waals surface area (Å²) in [4.78, 5) is 2.65. The van der Waals surface area contributed by atoms with E-state index in [0.29, 0.717) is 0 Å². The first kappa shape index (κ1) is 28.5. The molecule has 8 aromatic carbocycles. The minimum absolute atomic E-state index is 0.510. The first-order chi connectivity index (χ1) is 26.3. The SMILES string of the molecule is c1ccc2c(c1)Sc1c(ccc3c1c1ccccc1n3-c1ccc3sc4ccccc4c3c1)C21c2ccccc2-n2c3ccccc3c3cccc1c32. The number of aromatic nitrogens is 2. The Balaban J connectivity index is 1.19. The van der Waals surface area contributed by atoms with Crippen molar-refractivity contribution >= 4 is 86.9 Å². The molecule has 5 heterocycles. The van der Waals surface area contributed by atoms with E-state index in [2.05, 4.69) is 179 Å². The molecule has 0 saturated carbocycles. The van der Waals surface area contributed by atoms with Crippen molar-refractivity contribution in [3.05, 3.63) is 192 Å². The van der Waals surface area contributed by atoms with Crippen LogP contribution in [0.15, 0.2) is 180 Å². The average molecular weight is 709 g/mol. The van der Waals surface area contributed by atoms with Crippen LogP contribution < -0.4 is 0 Å². The fourth-order valence-corrected chi connectivity index (χ4v) is 12.4. The van der Waals surface area contributed by atoms with Crippen LogP contribution in [-0.4, -0.2) is 9.13 Å². The van der Waals surface area contributed by atoms with Crippen LogP contribution in [0.2, 0.25) is 0 Å². The molecule has 3 aromatic heterocycles. The lowest BCUT2D eigenvalue weighted by Crippen LogP contribution is -2.37. The van der Waals surface area contributed by atoms with Crippen molar-refractivity contribution < 1.29 is 0 Å². The molecule has 0 saturated heterocycles. The highest BCUT2D eigenvalue weighted by Crippen LogP contribution is 2.62. The number of hydrogen-bond acceptors (Lipinski definition) is 2. The van der Waals surface area contributed by atoms with Gasteiger partial charge in [0.15, 0.2) is 0 Å². The molecule has 0 fully saturated rings. The third-order valence-electron chi connectivity index (χ3n) is 12.0. The number of para-hydroxylation sites is 4. The maximum Gasteiger partial charge on any atom is 0.0764 e. The first-order valence-corrected chi connectivity index (χ1v) is 19.8. The molecule has 1 unspecified atom stereocenters. The van der Waals surface area contributed by atoms with Gasteiger partial charge in [0, 0.05) is 57.2 Å². The summed E-state index contributed by atoms with van der Waals surface area (Å²) in [6, 6.07) is 63.9. The van der Waals surface area contributed by atoms with Crippen LogP contribution >= 0.6 is 23.1 Å². The second kappa shape index (κ2) is 10.1. The van der Waals surface area contributed by atoms with E-state index in [0.717, 1.165) is 0 Å². The average Bonchev–Trinajstić information content (AvgIpc) is 3.88. The van der Waals surface area contributed by atoms with E-state index < -0.39 is 5.41 Å². The molecular formula is C49H28N2S2. The maximum atomic E-state index is 2.53. The van der Waals surface area contributed by atoms with Gasteiger partial charge in [-0.3, -0.25) is 0 Å². The Labute approximate surface area is 313 Å². The van der Waals surface area contributed by atoms with E-state index in [1.54, 1.807) is 0 Å². The summed E-state index contributed by atoms with van der Waals surface area (Å²) in [7, 11) is 0. The highest BCUT2D eigenvalue weighted by atomic mass is 32.2. The van der Waals surface area contributed by atoms with E-state index in [1.165, 1.54) is 107 Å². The van der Waals surface area contributed by atoms with Crippen LogP contribution in [0.4, 0.5) is 0 Å². The van der Waals surface area contributed by atoms with Gasteiger partial charge in [-0.15, -0.1) is 11.3 Å². The van der Waals surface area contributed by atoms with Crippen LogP contribution in [0.25, 0.3) is 75.2 Å². The Morgan fingerprint density at radius 1 is 0.415 bits per heavy atom. The molecule has 0 N–H and O–H groups in total. The van der Waals surface area contributed by atoms with Gasteiger partial charge in [0.05, 0.1) is 33.2 Å². The highest BCUT2D eigenvalue weighted by Gasteiger charge is 2.50. The predicted octanol–water partition coefficient (Wildman–Crippen LogP) is 13.4. The molecule has 0 amide bonds. The van der Waals surface area contributed by atoms with Gasteiger partial charge < -0.3 is 9.13 Å². The number of hydrogen-bond donors (Lipinski definition) is 0. The van der Waals surface area contributed by atoms with Crippen molar-refractivity contribution in [1.29, 1.82) is 0 Å². The van der Waals surface area contributed by atoms with Crippen LogP contribution in [0.3, 0.4) is 0 Å². The quantitative estimate of drug-likeness (QED) is 0.165. The molecule has 0 bridgehead atoms. The van der Waals surface area contributed by atoms with Crippen LogP contribution in [0.5, 0.6) is 0 Å². The van der Waals surface area contributed by atoms with Crippen LogP contribution in [0.1, 0.15) is 22.3 Å². The molecule has 2 nitrogen and oxygen atoms in total. The summed E-state index contributed by atoms with van der Waals surface area (Å²) in [6.45, 7) is 0. The molecule has 2 aliphatic rings. The Morgan fingerprint density at radius 3 is 2.00 bits per heavy atom. The lowest BCUT2D eigenvalue weighted by molar-refractivity contribution is 0.692. The first-order valence-electron chi connectivity index (χ1n) is 18.2. The molecule has 0 radical (unpaired) electrons. The van der Waals surface area contributed by atoms with E-state index in [1.807, 2.05) is 23.1 Å².